The number of aliphatic carboxylic acids is 1. The second-order valence-electron chi connectivity index (χ2n) is 4.63. The molecular weight excluding hydrogens is 316 g/mol. The fourth-order valence-corrected chi connectivity index (χ4v) is 1.96. The number of nitrogens with zero attached hydrogens (tertiary/aromatic N) is 3. The molecule has 0 fully saturated rings. The molecule has 0 saturated carbocycles. The van der Waals surface area contributed by atoms with Gasteiger partial charge in [0, 0.05) is 4.91 Å². The van der Waals surface area contributed by atoms with E-state index in [0.29, 0.717) is 0 Å². The first-order valence-electron chi connectivity index (χ1n) is 6.38. The molecule has 0 aromatic heterocycles. The highest BCUT2D eigenvalue weighted by Gasteiger charge is 2.43. The Kier molecular flexibility index (Phi) is 6.75. The van der Waals surface area contributed by atoms with Gasteiger partial charge in [-0.1, -0.05) is 5.11 Å². The number of rotatable bonds is 7. The van der Waals surface area contributed by atoms with Crippen LogP contribution in [0.15, 0.2) is 16.9 Å². The SMILES string of the molecule is [N-]=[N+]=NC[C@@H](O)[C@@H](O)[C@@H]1OC(C(=O)O)=C[C@H](O)[C@H]1NC(=O)CO. The molecule has 1 rings (SSSR count). The Morgan fingerprint density at radius 1 is 1.48 bits per heavy atom. The van der Waals surface area contributed by atoms with E-state index in [0.717, 1.165) is 6.08 Å². The number of carbonyl (C=O) groups is 2. The van der Waals surface area contributed by atoms with Crippen LogP contribution in [-0.2, 0) is 14.3 Å². The van der Waals surface area contributed by atoms with E-state index in [4.69, 9.17) is 20.5 Å². The molecule has 0 aromatic rings. The second-order valence-corrected chi connectivity index (χ2v) is 4.63. The van der Waals surface area contributed by atoms with Crippen LogP contribution >= 0.6 is 0 Å². The smallest absolute Gasteiger partial charge is 0.370 e. The number of carboxylic acid groups (broad SMARTS) is 1. The van der Waals surface area contributed by atoms with Gasteiger partial charge in [0.25, 0.3) is 0 Å². The average Bonchev–Trinajstić information content (AvgIpc) is 2.52. The van der Waals surface area contributed by atoms with Crippen molar-refractivity contribution in [1.29, 1.82) is 0 Å². The maximum absolute atomic E-state index is 11.3. The van der Waals surface area contributed by atoms with Gasteiger partial charge in [0.2, 0.25) is 11.7 Å². The molecule has 12 heteroatoms. The highest BCUT2D eigenvalue weighted by molar-refractivity contribution is 5.84. The Labute approximate surface area is 129 Å². The predicted molar refractivity (Wildman–Crippen MR) is 71.6 cm³/mol. The first-order chi connectivity index (χ1) is 10.8. The van der Waals surface area contributed by atoms with Gasteiger partial charge in [0.05, 0.1) is 18.7 Å². The number of carboxylic acids is 1. The summed E-state index contributed by atoms with van der Waals surface area (Å²) in [6.45, 7) is -1.46. The van der Waals surface area contributed by atoms with Crippen molar-refractivity contribution in [2.75, 3.05) is 13.2 Å². The average molecular weight is 332 g/mol. The third kappa shape index (κ3) is 4.81. The van der Waals surface area contributed by atoms with Crippen molar-refractivity contribution in [2.45, 2.75) is 30.5 Å². The Bertz CT molecular complexity index is 532. The zero-order valence-electron chi connectivity index (χ0n) is 11.7. The van der Waals surface area contributed by atoms with Crippen molar-refractivity contribution in [3.63, 3.8) is 0 Å². The van der Waals surface area contributed by atoms with Gasteiger partial charge in [-0.15, -0.1) is 0 Å². The minimum Gasteiger partial charge on any atom is -0.478 e. The van der Waals surface area contributed by atoms with E-state index >= 15 is 0 Å². The van der Waals surface area contributed by atoms with E-state index in [1.54, 1.807) is 0 Å². The van der Waals surface area contributed by atoms with Crippen LogP contribution in [0.3, 0.4) is 0 Å². The van der Waals surface area contributed by atoms with Crippen LogP contribution in [0.5, 0.6) is 0 Å². The summed E-state index contributed by atoms with van der Waals surface area (Å²) in [7, 11) is 0. The molecule has 1 aliphatic rings. The first-order valence-corrected chi connectivity index (χ1v) is 6.38. The number of hydrogen-bond acceptors (Lipinski definition) is 8. The molecule has 5 atom stereocenters. The number of aliphatic hydroxyl groups excluding tert-OH is 4. The summed E-state index contributed by atoms with van der Waals surface area (Å²) in [6.07, 6.45) is -5.74. The fraction of sp³-hybridized carbons (Fsp3) is 0.636. The lowest BCUT2D eigenvalue weighted by molar-refractivity contribution is -0.148. The van der Waals surface area contributed by atoms with Gasteiger partial charge in [-0.25, -0.2) is 4.79 Å². The van der Waals surface area contributed by atoms with Crippen molar-refractivity contribution in [3.05, 3.63) is 22.3 Å². The fourth-order valence-electron chi connectivity index (χ4n) is 1.96. The zero-order chi connectivity index (χ0) is 17.6. The van der Waals surface area contributed by atoms with Crippen LogP contribution in [-0.4, -0.2) is 81.0 Å². The standard InChI is InChI=1S/C11H16N4O8/c12-15-13-2-5(18)9(20)10-8(14-7(19)3-16)4(17)1-6(23-10)11(21)22/h1,4-5,8-10,16-18,20H,2-3H2,(H,14,19)(H,21,22)/t4-,5+,8+,9+,10+/m0/s1. The summed E-state index contributed by atoms with van der Waals surface area (Å²) in [5.74, 6) is -3.13. The zero-order valence-corrected chi connectivity index (χ0v) is 11.7. The van der Waals surface area contributed by atoms with Gasteiger partial charge in [0.15, 0.2) is 6.10 Å². The van der Waals surface area contributed by atoms with Crippen molar-refractivity contribution in [3.8, 4) is 0 Å². The summed E-state index contributed by atoms with van der Waals surface area (Å²) in [5, 5.41) is 52.5. The predicted octanol–water partition coefficient (Wildman–Crippen LogP) is -2.78. The van der Waals surface area contributed by atoms with Crippen LogP contribution in [0.25, 0.3) is 10.4 Å². The number of carbonyl (C=O) groups excluding carboxylic acids is 1. The minimum absolute atomic E-state index is 0.541. The Hall–Kier alpha value is -2.37. The first kappa shape index (κ1) is 18.7. The number of amides is 1. The van der Waals surface area contributed by atoms with Gasteiger partial charge < -0.3 is 35.6 Å². The quantitative estimate of drug-likeness (QED) is 0.163. The molecule has 1 aliphatic heterocycles. The monoisotopic (exact) mass is 332 g/mol. The second kappa shape index (κ2) is 8.31. The molecule has 0 aromatic carbocycles. The number of azide groups is 1. The molecule has 12 nitrogen and oxygen atoms in total. The van der Waals surface area contributed by atoms with Gasteiger partial charge >= 0.3 is 5.97 Å². The molecule has 1 amide bonds. The third-order valence-electron chi connectivity index (χ3n) is 3.05. The summed E-state index contributed by atoms with van der Waals surface area (Å²) in [5.41, 5.74) is 8.19. The molecule has 0 bridgehead atoms. The third-order valence-corrected chi connectivity index (χ3v) is 3.05. The minimum atomic E-state index is -1.79. The summed E-state index contributed by atoms with van der Waals surface area (Å²) in [4.78, 5) is 24.6. The summed E-state index contributed by atoms with van der Waals surface area (Å²) >= 11 is 0. The summed E-state index contributed by atoms with van der Waals surface area (Å²) in [6, 6.07) is -1.34. The van der Waals surface area contributed by atoms with Crippen molar-refractivity contribution in [2.24, 2.45) is 5.11 Å². The Morgan fingerprint density at radius 3 is 2.65 bits per heavy atom. The van der Waals surface area contributed by atoms with Crippen LogP contribution < -0.4 is 5.32 Å². The van der Waals surface area contributed by atoms with E-state index in [9.17, 15) is 24.9 Å². The van der Waals surface area contributed by atoms with E-state index in [1.165, 1.54) is 0 Å². The maximum Gasteiger partial charge on any atom is 0.370 e. The normalized spacial score (nSPS) is 26.1. The van der Waals surface area contributed by atoms with Gasteiger partial charge in [-0.3, -0.25) is 4.79 Å². The van der Waals surface area contributed by atoms with Crippen molar-refractivity contribution < 1.29 is 39.9 Å². The van der Waals surface area contributed by atoms with Crippen molar-refractivity contribution >= 4 is 11.9 Å². The lowest BCUT2D eigenvalue weighted by Gasteiger charge is -2.38. The van der Waals surface area contributed by atoms with Gasteiger partial charge in [-0.2, -0.15) is 0 Å². The van der Waals surface area contributed by atoms with Crippen LogP contribution in [0.4, 0.5) is 0 Å². The molecule has 0 radical (unpaired) electrons. The van der Waals surface area contributed by atoms with E-state index < -0.39 is 61.2 Å². The number of aliphatic hydroxyl groups is 4. The van der Waals surface area contributed by atoms with Gasteiger partial charge in [-0.05, 0) is 11.6 Å². The highest BCUT2D eigenvalue weighted by atomic mass is 16.5. The number of hydrogen-bond donors (Lipinski definition) is 6. The Morgan fingerprint density at radius 2 is 2.13 bits per heavy atom. The lowest BCUT2D eigenvalue weighted by Crippen LogP contribution is -2.60. The topological polar surface area (TPSA) is 205 Å². The molecular formula is C11H16N4O8. The molecule has 128 valence electrons. The lowest BCUT2D eigenvalue weighted by atomic mass is 9.93. The van der Waals surface area contributed by atoms with Crippen LogP contribution in [0, 0.1) is 0 Å². The van der Waals surface area contributed by atoms with Crippen molar-refractivity contribution in [1.82, 2.24) is 5.32 Å². The maximum atomic E-state index is 11.3. The number of ether oxygens (including phenoxy) is 1. The Balaban J connectivity index is 3.04. The highest BCUT2D eigenvalue weighted by Crippen LogP contribution is 2.23. The van der Waals surface area contributed by atoms with E-state index in [2.05, 4.69) is 15.3 Å². The largest absolute Gasteiger partial charge is 0.478 e. The van der Waals surface area contributed by atoms with E-state index in [1.807, 2.05) is 0 Å². The van der Waals surface area contributed by atoms with E-state index in [-0.39, 0.29) is 0 Å². The molecule has 1 heterocycles. The number of nitrogens with one attached hydrogen (secondary N) is 1. The molecule has 6 N–H and O–H groups in total. The van der Waals surface area contributed by atoms with Gasteiger partial charge in [0.1, 0.15) is 18.8 Å². The van der Waals surface area contributed by atoms with Crippen LogP contribution in [0.2, 0.25) is 0 Å². The molecule has 0 saturated heterocycles. The molecule has 23 heavy (non-hydrogen) atoms. The van der Waals surface area contributed by atoms with Crippen LogP contribution in [0.1, 0.15) is 0 Å². The molecule has 0 unspecified atom stereocenters. The molecule has 0 spiro atoms. The molecule has 0 aliphatic carbocycles. The summed E-state index contributed by atoms with van der Waals surface area (Å²) < 4.78 is 5.00.